The second-order valence-electron chi connectivity index (χ2n) is 4.89. The van der Waals surface area contributed by atoms with Crippen LogP contribution >= 0.6 is 0 Å². The number of hydrogen-bond donors (Lipinski definition) is 1. The minimum atomic E-state index is -1.02. The number of ether oxygens (including phenoxy) is 1. The number of esters is 1. The van der Waals surface area contributed by atoms with Gasteiger partial charge in [-0.1, -0.05) is 6.07 Å². The number of furan rings is 1. The zero-order valence-corrected chi connectivity index (χ0v) is 12.5. The lowest BCUT2D eigenvalue weighted by atomic mass is 10.2. The van der Waals surface area contributed by atoms with E-state index in [-0.39, 0.29) is 5.56 Å². The standard InChI is InChI=1S/C16H16FNO4/c1-9-4-5-12(8-14(9)17)18-15(19)11(3)22-16(20)13-6-7-21-10(13)2/h4-8,11H,1-3H3,(H,18,19)/t11-/m0/s1. The Kier molecular flexibility index (Phi) is 4.60. The molecule has 0 saturated heterocycles. The molecule has 22 heavy (non-hydrogen) atoms. The minimum absolute atomic E-state index is 0.265. The Balaban J connectivity index is 1.98. The first-order valence-electron chi connectivity index (χ1n) is 6.70. The molecule has 0 spiro atoms. The van der Waals surface area contributed by atoms with Gasteiger partial charge >= 0.3 is 5.97 Å². The van der Waals surface area contributed by atoms with E-state index in [0.29, 0.717) is 17.0 Å². The van der Waals surface area contributed by atoms with E-state index in [2.05, 4.69) is 5.32 Å². The maximum absolute atomic E-state index is 13.4. The van der Waals surface area contributed by atoms with Crippen LogP contribution in [0.5, 0.6) is 0 Å². The molecule has 0 radical (unpaired) electrons. The predicted molar refractivity (Wildman–Crippen MR) is 78.1 cm³/mol. The summed E-state index contributed by atoms with van der Waals surface area (Å²) in [5.74, 6) is -1.20. The maximum atomic E-state index is 13.4. The topological polar surface area (TPSA) is 68.5 Å². The van der Waals surface area contributed by atoms with Crippen LogP contribution in [0.2, 0.25) is 0 Å². The molecule has 0 aliphatic rings. The van der Waals surface area contributed by atoms with E-state index in [1.54, 1.807) is 26.0 Å². The molecule has 0 bridgehead atoms. The van der Waals surface area contributed by atoms with Crippen LogP contribution in [0.3, 0.4) is 0 Å². The average molecular weight is 305 g/mol. The third-order valence-corrected chi connectivity index (χ3v) is 3.17. The van der Waals surface area contributed by atoms with E-state index in [1.165, 1.54) is 25.3 Å². The molecule has 0 aliphatic heterocycles. The van der Waals surface area contributed by atoms with Crippen molar-refractivity contribution >= 4 is 17.6 Å². The molecule has 5 nitrogen and oxygen atoms in total. The number of benzene rings is 1. The molecule has 1 aromatic carbocycles. The highest BCUT2D eigenvalue weighted by molar-refractivity contribution is 5.97. The number of carbonyl (C=O) groups is 2. The Bertz CT molecular complexity index is 708. The van der Waals surface area contributed by atoms with Gasteiger partial charge in [0.15, 0.2) is 6.10 Å². The Labute approximate surface area is 127 Å². The number of carbonyl (C=O) groups excluding carboxylic acids is 2. The lowest BCUT2D eigenvalue weighted by molar-refractivity contribution is -0.123. The summed E-state index contributed by atoms with van der Waals surface area (Å²) in [6, 6.07) is 5.81. The lowest BCUT2D eigenvalue weighted by Crippen LogP contribution is -2.30. The van der Waals surface area contributed by atoms with Gasteiger partial charge < -0.3 is 14.5 Å². The van der Waals surface area contributed by atoms with Gasteiger partial charge in [-0.05, 0) is 44.5 Å². The highest BCUT2D eigenvalue weighted by atomic mass is 19.1. The molecule has 0 saturated carbocycles. The molecule has 1 aromatic heterocycles. The summed E-state index contributed by atoms with van der Waals surface area (Å²) in [4.78, 5) is 23.8. The summed E-state index contributed by atoms with van der Waals surface area (Å²) in [5.41, 5.74) is 1.05. The van der Waals surface area contributed by atoms with Gasteiger partial charge in [0, 0.05) is 5.69 Å². The summed E-state index contributed by atoms with van der Waals surface area (Å²) in [7, 11) is 0. The van der Waals surface area contributed by atoms with E-state index >= 15 is 0 Å². The fraction of sp³-hybridized carbons (Fsp3) is 0.250. The summed E-state index contributed by atoms with van der Waals surface area (Å²) < 4.78 is 23.5. The first kappa shape index (κ1) is 15.8. The van der Waals surface area contributed by atoms with E-state index in [9.17, 15) is 14.0 Å². The molecule has 0 unspecified atom stereocenters. The van der Waals surface area contributed by atoms with Crippen LogP contribution in [-0.2, 0) is 9.53 Å². The van der Waals surface area contributed by atoms with Crippen LogP contribution in [-0.4, -0.2) is 18.0 Å². The van der Waals surface area contributed by atoms with Crippen LogP contribution in [0.15, 0.2) is 34.9 Å². The SMILES string of the molecule is Cc1ccc(NC(=O)[C@H](C)OC(=O)c2ccoc2C)cc1F. The maximum Gasteiger partial charge on any atom is 0.342 e. The van der Waals surface area contributed by atoms with E-state index < -0.39 is 23.8 Å². The zero-order valence-electron chi connectivity index (χ0n) is 12.5. The van der Waals surface area contributed by atoms with Crippen molar-refractivity contribution in [3.63, 3.8) is 0 Å². The van der Waals surface area contributed by atoms with Gasteiger partial charge in [0.05, 0.1) is 6.26 Å². The molecule has 2 aromatic rings. The van der Waals surface area contributed by atoms with Crippen LogP contribution in [0.1, 0.15) is 28.6 Å². The second kappa shape index (κ2) is 6.43. The van der Waals surface area contributed by atoms with Gasteiger partial charge in [-0.25, -0.2) is 9.18 Å². The van der Waals surface area contributed by atoms with Crippen molar-refractivity contribution in [3.05, 3.63) is 53.2 Å². The van der Waals surface area contributed by atoms with Crippen LogP contribution < -0.4 is 5.32 Å². The molecule has 1 N–H and O–H groups in total. The van der Waals surface area contributed by atoms with Crippen LogP contribution in [0.4, 0.5) is 10.1 Å². The van der Waals surface area contributed by atoms with Crippen molar-refractivity contribution in [1.29, 1.82) is 0 Å². The van der Waals surface area contributed by atoms with Crippen molar-refractivity contribution in [2.24, 2.45) is 0 Å². The number of rotatable bonds is 4. The van der Waals surface area contributed by atoms with Gasteiger partial charge in [0.25, 0.3) is 5.91 Å². The highest BCUT2D eigenvalue weighted by Crippen LogP contribution is 2.15. The van der Waals surface area contributed by atoms with E-state index in [0.717, 1.165) is 0 Å². The molecular weight excluding hydrogens is 289 g/mol. The summed E-state index contributed by atoms with van der Waals surface area (Å²) in [5, 5.41) is 2.50. The molecule has 0 aliphatic carbocycles. The number of nitrogens with one attached hydrogen (secondary N) is 1. The van der Waals surface area contributed by atoms with Crippen LogP contribution in [0.25, 0.3) is 0 Å². The molecular formula is C16H16FNO4. The molecule has 2 rings (SSSR count). The third kappa shape index (κ3) is 3.52. The second-order valence-corrected chi connectivity index (χ2v) is 4.89. The van der Waals surface area contributed by atoms with Gasteiger partial charge in [-0.15, -0.1) is 0 Å². The first-order chi connectivity index (χ1) is 10.4. The van der Waals surface area contributed by atoms with Crippen molar-refractivity contribution < 1.29 is 23.1 Å². The predicted octanol–water partition coefficient (Wildman–Crippen LogP) is 3.22. The van der Waals surface area contributed by atoms with Gasteiger partial charge in [0.2, 0.25) is 0 Å². The van der Waals surface area contributed by atoms with Crippen molar-refractivity contribution in [2.45, 2.75) is 26.9 Å². The van der Waals surface area contributed by atoms with Gasteiger partial charge in [0.1, 0.15) is 17.1 Å². The Morgan fingerprint density at radius 2 is 2.00 bits per heavy atom. The first-order valence-corrected chi connectivity index (χ1v) is 6.70. The number of amides is 1. The van der Waals surface area contributed by atoms with Crippen molar-refractivity contribution in [3.8, 4) is 0 Å². The monoisotopic (exact) mass is 305 g/mol. The lowest BCUT2D eigenvalue weighted by Gasteiger charge is -2.13. The molecule has 116 valence electrons. The van der Waals surface area contributed by atoms with Gasteiger partial charge in [-0.2, -0.15) is 0 Å². The average Bonchev–Trinajstić information content (AvgIpc) is 2.89. The normalized spacial score (nSPS) is 11.8. The number of halogens is 1. The quantitative estimate of drug-likeness (QED) is 0.881. The Hall–Kier alpha value is -2.63. The van der Waals surface area contributed by atoms with E-state index in [1.807, 2.05) is 0 Å². The smallest absolute Gasteiger partial charge is 0.342 e. The fourth-order valence-corrected chi connectivity index (χ4v) is 1.79. The Morgan fingerprint density at radius 3 is 2.59 bits per heavy atom. The largest absolute Gasteiger partial charge is 0.469 e. The van der Waals surface area contributed by atoms with E-state index in [4.69, 9.17) is 9.15 Å². The van der Waals surface area contributed by atoms with Crippen molar-refractivity contribution in [1.82, 2.24) is 0 Å². The molecule has 6 heteroatoms. The Morgan fingerprint density at radius 1 is 1.27 bits per heavy atom. The summed E-state index contributed by atoms with van der Waals surface area (Å²) in [6.07, 6.45) is 0.345. The highest BCUT2D eigenvalue weighted by Gasteiger charge is 2.21. The molecule has 1 atom stereocenters. The number of hydrogen-bond acceptors (Lipinski definition) is 4. The summed E-state index contributed by atoms with van der Waals surface area (Å²) in [6.45, 7) is 4.68. The molecule has 1 amide bonds. The third-order valence-electron chi connectivity index (χ3n) is 3.17. The number of aryl methyl sites for hydroxylation is 2. The minimum Gasteiger partial charge on any atom is -0.469 e. The fourth-order valence-electron chi connectivity index (χ4n) is 1.79. The molecule has 0 fully saturated rings. The number of anilines is 1. The van der Waals surface area contributed by atoms with Crippen molar-refractivity contribution in [2.75, 3.05) is 5.32 Å². The van der Waals surface area contributed by atoms with Crippen LogP contribution in [0, 0.1) is 19.7 Å². The molecule has 1 heterocycles. The summed E-state index contributed by atoms with van der Waals surface area (Å²) >= 11 is 0. The zero-order chi connectivity index (χ0) is 16.3. The van der Waals surface area contributed by atoms with Gasteiger partial charge in [-0.3, -0.25) is 4.79 Å².